The first kappa shape index (κ1) is 24.1. The van der Waals surface area contributed by atoms with Crippen LogP contribution >= 0.6 is 11.3 Å². The zero-order chi connectivity index (χ0) is 24.2. The van der Waals surface area contributed by atoms with Gasteiger partial charge in [0.05, 0.1) is 13.1 Å². The van der Waals surface area contributed by atoms with E-state index in [1.54, 1.807) is 11.3 Å². The number of benzene rings is 1. The first-order valence-corrected chi connectivity index (χ1v) is 13.7. The average Bonchev–Trinajstić information content (AvgIpc) is 3.57. The molecule has 1 aromatic heterocycles. The van der Waals surface area contributed by atoms with E-state index in [2.05, 4.69) is 23.3 Å². The Morgan fingerprint density at radius 2 is 1.83 bits per heavy atom. The van der Waals surface area contributed by atoms with Crippen LogP contribution in [-0.2, 0) is 22.7 Å². The topological polar surface area (TPSA) is 62.3 Å². The van der Waals surface area contributed by atoms with E-state index in [1.165, 1.54) is 23.3 Å². The van der Waals surface area contributed by atoms with Crippen LogP contribution in [0.5, 0.6) is 11.5 Å². The number of ether oxygens (including phenoxy) is 2. The number of aryl methyl sites for hydroxylation is 1. The second kappa shape index (κ2) is 11.0. The second-order valence-electron chi connectivity index (χ2n) is 9.90. The van der Waals surface area contributed by atoms with E-state index in [0.717, 1.165) is 56.0 Å². The third-order valence-corrected chi connectivity index (χ3v) is 8.45. The fourth-order valence-corrected chi connectivity index (χ4v) is 5.86. The SMILES string of the molecule is Cc1ccsc1CN(Cc1ccc2c(c1)OCO2)C(=O)CN(CCN1CCCC1)C(=O)C1CCC1. The Morgan fingerprint density at radius 1 is 1.03 bits per heavy atom. The van der Waals surface area contributed by atoms with Crippen LogP contribution < -0.4 is 9.47 Å². The van der Waals surface area contributed by atoms with Gasteiger partial charge in [0.1, 0.15) is 0 Å². The van der Waals surface area contributed by atoms with Crippen LogP contribution in [0.1, 0.15) is 48.1 Å². The molecule has 3 aliphatic rings. The van der Waals surface area contributed by atoms with Crippen molar-refractivity contribution >= 4 is 23.2 Å². The largest absolute Gasteiger partial charge is 0.454 e. The van der Waals surface area contributed by atoms with E-state index in [0.29, 0.717) is 19.6 Å². The summed E-state index contributed by atoms with van der Waals surface area (Å²) in [5.41, 5.74) is 2.18. The summed E-state index contributed by atoms with van der Waals surface area (Å²) < 4.78 is 11.0. The maximum atomic E-state index is 13.7. The number of fused-ring (bicyclic) bond motifs is 1. The fourth-order valence-electron chi connectivity index (χ4n) is 4.94. The first-order chi connectivity index (χ1) is 17.1. The Labute approximate surface area is 211 Å². The molecule has 0 unspecified atom stereocenters. The summed E-state index contributed by atoms with van der Waals surface area (Å²) >= 11 is 1.67. The minimum Gasteiger partial charge on any atom is -0.454 e. The molecule has 2 aliphatic heterocycles. The molecule has 0 radical (unpaired) electrons. The molecule has 2 fully saturated rings. The highest BCUT2D eigenvalue weighted by atomic mass is 32.1. The predicted molar refractivity (Wildman–Crippen MR) is 135 cm³/mol. The molecule has 5 rings (SSSR count). The Bertz CT molecular complexity index is 1040. The van der Waals surface area contributed by atoms with Gasteiger partial charge in [-0.15, -0.1) is 11.3 Å². The van der Waals surface area contributed by atoms with Gasteiger partial charge in [-0.2, -0.15) is 0 Å². The third-order valence-electron chi connectivity index (χ3n) is 7.44. The normalized spacial score (nSPS) is 17.4. The Kier molecular flexibility index (Phi) is 7.58. The van der Waals surface area contributed by atoms with Gasteiger partial charge in [0, 0.05) is 30.4 Å². The van der Waals surface area contributed by atoms with Crippen molar-refractivity contribution in [2.24, 2.45) is 5.92 Å². The lowest BCUT2D eigenvalue weighted by molar-refractivity contribution is -0.145. The summed E-state index contributed by atoms with van der Waals surface area (Å²) in [5.74, 6) is 1.68. The van der Waals surface area contributed by atoms with Crippen molar-refractivity contribution in [2.45, 2.75) is 52.1 Å². The van der Waals surface area contributed by atoms with E-state index >= 15 is 0 Å². The third kappa shape index (κ3) is 5.81. The number of thiophene rings is 1. The molecule has 2 amide bonds. The summed E-state index contributed by atoms with van der Waals surface area (Å²) in [4.78, 5) is 34.3. The van der Waals surface area contributed by atoms with Crippen molar-refractivity contribution in [3.05, 3.63) is 45.6 Å². The van der Waals surface area contributed by atoms with Gasteiger partial charge in [0.25, 0.3) is 0 Å². The van der Waals surface area contributed by atoms with Crippen molar-refractivity contribution in [3.63, 3.8) is 0 Å². The summed E-state index contributed by atoms with van der Waals surface area (Å²) in [5, 5.41) is 2.07. The van der Waals surface area contributed by atoms with Gasteiger partial charge in [-0.1, -0.05) is 12.5 Å². The maximum absolute atomic E-state index is 13.7. The molecule has 0 N–H and O–H groups in total. The molecule has 3 heterocycles. The van der Waals surface area contributed by atoms with Crippen molar-refractivity contribution in [2.75, 3.05) is 39.5 Å². The van der Waals surface area contributed by atoms with Crippen molar-refractivity contribution in [3.8, 4) is 11.5 Å². The highest BCUT2D eigenvalue weighted by molar-refractivity contribution is 7.10. The molecule has 1 aliphatic carbocycles. The lowest BCUT2D eigenvalue weighted by Gasteiger charge is -2.34. The number of amides is 2. The summed E-state index contributed by atoms with van der Waals surface area (Å²) in [6.45, 7) is 7.09. The lowest BCUT2D eigenvalue weighted by atomic mass is 9.84. The molecule has 0 atom stereocenters. The Hall–Kier alpha value is -2.58. The number of hydrogen-bond acceptors (Lipinski definition) is 6. The smallest absolute Gasteiger partial charge is 0.242 e. The van der Waals surface area contributed by atoms with Gasteiger partial charge in [-0.3, -0.25) is 9.59 Å². The molecule has 0 spiro atoms. The zero-order valence-electron chi connectivity index (χ0n) is 20.5. The molecule has 2 aromatic rings. The molecule has 188 valence electrons. The summed E-state index contributed by atoms with van der Waals surface area (Å²) in [7, 11) is 0. The van der Waals surface area contributed by atoms with Gasteiger partial charge < -0.3 is 24.2 Å². The number of carbonyl (C=O) groups excluding carboxylic acids is 2. The number of nitrogens with zero attached hydrogens (tertiary/aromatic N) is 3. The molecular formula is C27H35N3O4S. The van der Waals surface area contributed by atoms with Crippen LogP contribution in [0, 0.1) is 12.8 Å². The van der Waals surface area contributed by atoms with E-state index < -0.39 is 0 Å². The van der Waals surface area contributed by atoms with Gasteiger partial charge in [-0.25, -0.2) is 0 Å². The van der Waals surface area contributed by atoms with Crippen LogP contribution in [0.4, 0.5) is 0 Å². The van der Waals surface area contributed by atoms with E-state index in [9.17, 15) is 9.59 Å². The van der Waals surface area contributed by atoms with Crippen molar-refractivity contribution in [1.82, 2.24) is 14.7 Å². The van der Waals surface area contributed by atoms with Crippen molar-refractivity contribution < 1.29 is 19.1 Å². The number of rotatable bonds is 10. The van der Waals surface area contributed by atoms with Crippen molar-refractivity contribution in [1.29, 1.82) is 0 Å². The van der Waals surface area contributed by atoms with Crippen LogP contribution in [0.15, 0.2) is 29.6 Å². The van der Waals surface area contributed by atoms with Gasteiger partial charge in [0.15, 0.2) is 11.5 Å². The van der Waals surface area contributed by atoms with Gasteiger partial charge >= 0.3 is 0 Å². The summed E-state index contributed by atoms with van der Waals surface area (Å²) in [6.07, 6.45) is 5.45. The minimum atomic E-state index is -0.00966. The molecule has 8 heteroatoms. The van der Waals surface area contributed by atoms with Crippen LogP contribution in [0.2, 0.25) is 0 Å². The standard InChI is InChI=1S/C27H35N3O4S/c1-20-9-14-35-25(20)17-30(16-21-7-8-23-24(15-21)34-19-33-23)26(31)18-29(27(32)22-5-4-6-22)13-12-28-10-2-3-11-28/h7-9,14-15,22H,2-6,10-13,16-19H2,1H3. The quantitative estimate of drug-likeness (QED) is 0.496. The number of hydrogen-bond donors (Lipinski definition) is 0. The first-order valence-electron chi connectivity index (χ1n) is 12.8. The van der Waals surface area contributed by atoms with Gasteiger partial charge in [0.2, 0.25) is 18.6 Å². The number of carbonyl (C=O) groups is 2. The lowest BCUT2D eigenvalue weighted by Crippen LogP contribution is -2.48. The van der Waals surface area contributed by atoms with E-state index in [-0.39, 0.29) is 31.1 Å². The van der Waals surface area contributed by atoms with E-state index in [1.807, 2.05) is 28.0 Å². The summed E-state index contributed by atoms with van der Waals surface area (Å²) in [6, 6.07) is 7.93. The molecule has 1 aromatic carbocycles. The molecular weight excluding hydrogens is 462 g/mol. The Balaban J connectivity index is 1.31. The highest BCUT2D eigenvalue weighted by Crippen LogP contribution is 2.33. The zero-order valence-corrected chi connectivity index (χ0v) is 21.4. The minimum absolute atomic E-state index is 0.00966. The molecule has 1 saturated carbocycles. The van der Waals surface area contributed by atoms with Gasteiger partial charge in [-0.05, 0) is 80.4 Å². The highest BCUT2D eigenvalue weighted by Gasteiger charge is 2.32. The number of likely N-dealkylation sites (tertiary alicyclic amines) is 1. The van der Waals surface area contributed by atoms with E-state index in [4.69, 9.17) is 9.47 Å². The molecule has 35 heavy (non-hydrogen) atoms. The van der Waals surface area contributed by atoms with Crippen LogP contribution in [-0.4, -0.2) is 66.0 Å². The van der Waals surface area contributed by atoms with Crippen LogP contribution in [0.25, 0.3) is 0 Å². The Morgan fingerprint density at radius 3 is 2.54 bits per heavy atom. The van der Waals surface area contributed by atoms with Crippen LogP contribution in [0.3, 0.4) is 0 Å². The maximum Gasteiger partial charge on any atom is 0.242 e. The molecule has 7 nitrogen and oxygen atoms in total. The monoisotopic (exact) mass is 497 g/mol. The fraction of sp³-hybridized carbons (Fsp3) is 0.556. The molecule has 1 saturated heterocycles. The molecule has 0 bridgehead atoms. The average molecular weight is 498 g/mol. The predicted octanol–water partition coefficient (Wildman–Crippen LogP) is 4.04. The second-order valence-corrected chi connectivity index (χ2v) is 10.9.